The maximum Gasteiger partial charge on any atom is 0.511 e. The number of hydrogen-bond acceptors (Lipinski definition) is 8. The first-order chi connectivity index (χ1) is 24.6. The van der Waals surface area contributed by atoms with Crippen molar-refractivity contribution >= 4 is 41.7 Å². The van der Waals surface area contributed by atoms with E-state index in [9.17, 15) is 14.4 Å². The van der Waals surface area contributed by atoms with Gasteiger partial charge in [0.1, 0.15) is 5.82 Å². The monoisotopic (exact) mass is 707 g/mol. The number of aromatic nitrogens is 2. The maximum atomic E-state index is 13.6. The molecule has 0 aliphatic rings. The Morgan fingerprint density at radius 1 is 0.863 bits per heavy atom. The minimum atomic E-state index is -1.13. The second kappa shape index (κ2) is 17.2. The summed E-state index contributed by atoms with van der Waals surface area (Å²) in [6.45, 7) is 9.54. The molecule has 1 unspecified atom stereocenters. The fourth-order valence-corrected chi connectivity index (χ4v) is 6.19. The molecule has 9 nitrogen and oxygen atoms in total. The van der Waals surface area contributed by atoms with Crippen LogP contribution in [0.4, 0.5) is 4.79 Å². The summed E-state index contributed by atoms with van der Waals surface area (Å²) in [6.07, 6.45) is 0.0180. The first kappa shape index (κ1) is 37.2. The Morgan fingerprint density at radius 2 is 1.57 bits per heavy atom. The molecule has 0 spiro atoms. The van der Waals surface area contributed by atoms with Crippen LogP contribution in [0.2, 0.25) is 0 Å². The van der Waals surface area contributed by atoms with E-state index >= 15 is 0 Å². The van der Waals surface area contributed by atoms with Crippen molar-refractivity contribution < 1.29 is 28.6 Å². The number of esters is 1. The number of ether oxygens (including phenoxy) is 3. The lowest BCUT2D eigenvalue weighted by molar-refractivity contribution is -0.0866. The van der Waals surface area contributed by atoms with Gasteiger partial charge in [0.25, 0.3) is 5.91 Å². The number of imidazole rings is 1. The van der Waals surface area contributed by atoms with Gasteiger partial charge in [0.2, 0.25) is 6.29 Å². The number of benzene rings is 4. The van der Waals surface area contributed by atoms with Crippen molar-refractivity contribution in [2.45, 2.75) is 78.9 Å². The molecule has 1 aromatic heterocycles. The molecule has 4 aromatic carbocycles. The van der Waals surface area contributed by atoms with E-state index in [1.165, 1.54) is 6.92 Å². The smallest absolute Gasteiger partial charge is 0.431 e. The number of aryl methyl sites for hydroxylation is 2. The zero-order valence-corrected chi connectivity index (χ0v) is 30.6. The van der Waals surface area contributed by atoms with Crippen LogP contribution in [-0.2, 0) is 33.6 Å². The van der Waals surface area contributed by atoms with Crippen LogP contribution in [0.25, 0.3) is 22.2 Å². The van der Waals surface area contributed by atoms with Crippen molar-refractivity contribution in [3.05, 3.63) is 125 Å². The van der Waals surface area contributed by atoms with Crippen LogP contribution in [0.15, 0.2) is 91.0 Å². The highest BCUT2D eigenvalue weighted by atomic mass is 32.1. The summed E-state index contributed by atoms with van der Waals surface area (Å²) in [5.41, 5.74) is 7.33. The molecular formula is C41H45N3O6S. The van der Waals surface area contributed by atoms with Crippen LogP contribution in [0.1, 0.15) is 77.3 Å². The van der Waals surface area contributed by atoms with Crippen molar-refractivity contribution in [2.24, 2.45) is 0 Å². The molecule has 1 N–H and O–H groups in total. The van der Waals surface area contributed by atoms with Crippen LogP contribution >= 0.6 is 12.6 Å². The Kier molecular flexibility index (Phi) is 12.6. The van der Waals surface area contributed by atoms with Gasteiger partial charge in [0.15, 0.2) is 0 Å². The molecule has 1 amide bonds. The summed E-state index contributed by atoms with van der Waals surface area (Å²) in [5.74, 6) is 0.712. The Balaban J connectivity index is 1.36. The summed E-state index contributed by atoms with van der Waals surface area (Å²) >= 11 is 4.52. The molecular weight excluding hydrogens is 663 g/mol. The SMILES string of the molecule is CCCc1nc2c(C)cc(C(=O)N[C@@H](CS)Cc3ccccc3)cc2n1Cc1ccc(-c2ccccc2C(=O)OC(C)OC(=O)OC(C)C)cc1. The Bertz CT molecular complexity index is 1970. The molecule has 51 heavy (non-hydrogen) atoms. The first-order valence-electron chi connectivity index (χ1n) is 17.3. The van der Waals surface area contributed by atoms with E-state index in [4.69, 9.17) is 19.2 Å². The van der Waals surface area contributed by atoms with Crippen molar-refractivity contribution in [3.8, 4) is 11.1 Å². The van der Waals surface area contributed by atoms with Gasteiger partial charge in [-0.1, -0.05) is 79.7 Å². The van der Waals surface area contributed by atoms with Crippen LogP contribution in [0, 0.1) is 6.92 Å². The van der Waals surface area contributed by atoms with E-state index in [1.807, 2.05) is 73.7 Å². The highest BCUT2D eigenvalue weighted by Crippen LogP contribution is 2.28. The highest BCUT2D eigenvalue weighted by Gasteiger charge is 2.21. The quantitative estimate of drug-likeness (QED) is 0.0679. The number of hydrogen-bond donors (Lipinski definition) is 2. The lowest BCUT2D eigenvalue weighted by Crippen LogP contribution is -2.37. The molecule has 0 saturated heterocycles. The zero-order chi connectivity index (χ0) is 36.5. The number of nitrogens with zero attached hydrogens (tertiary/aromatic N) is 2. The molecule has 5 aromatic rings. The average molecular weight is 708 g/mol. The summed E-state index contributed by atoms with van der Waals surface area (Å²) in [5, 5.41) is 3.18. The van der Waals surface area contributed by atoms with Gasteiger partial charge >= 0.3 is 12.1 Å². The number of nitrogens with one attached hydrogen (secondary N) is 1. The number of amides is 1. The summed E-state index contributed by atoms with van der Waals surface area (Å²) in [6, 6.07) is 28.9. The molecule has 0 aliphatic heterocycles. The van der Waals surface area contributed by atoms with Crippen LogP contribution in [0.3, 0.4) is 0 Å². The Morgan fingerprint density at radius 3 is 2.25 bits per heavy atom. The minimum absolute atomic E-state index is 0.115. The molecule has 0 aliphatic carbocycles. The standard InChI is InChI=1S/C41H45N3O6S/c1-6-12-37-43-38-27(4)21-32(39(45)42-33(25-51)22-29-13-8-7-9-14-29)23-36(38)44(37)24-30-17-19-31(20-18-30)34-15-10-11-16-35(34)40(46)49-28(5)50-41(47)48-26(2)3/h7-11,13-21,23,26,28,33,51H,6,12,22,24-25H2,1-5H3,(H,42,45)/t28?,33-/m1/s1. The number of thiol groups is 1. The average Bonchev–Trinajstić information content (AvgIpc) is 3.45. The number of carbonyl (C=O) groups is 3. The molecule has 10 heteroatoms. The van der Waals surface area contributed by atoms with Crippen molar-refractivity contribution in [2.75, 3.05) is 5.75 Å². The van der Waals surface area contributed by atoms with Gasteiger partial charge in [-0.05, 0) is 79.6 Å². The topological polar surface area (TPSA) is 109 Å². The van der Waals surface area contributed by atoms with E-state index in [-0.39, 0.29) is 18.1 Å². The molecule has 1 heterocycles. The first-order valence-corrected chi connectivity index (χ1v) is 17.9. The normalized spacial score (nSPS) is 12.4. The van der Waals surface area contributed by atoms with E-state index in [2.05, 4.69) is 41.6 Å². The number of rotatable bonds is 14. The summed E-state index contributed by atoms with van der Waals surface area (Å²) in [4.78, 5) is 43.5. The molecule has 0 bridgehead atoms. The van der Waals surface area contributed by atoms with Gasteiger partial charge in [-0.25, -0.2) is 14.6 Å². The summed E-state index contributed by atoms with van der Waals surface area (Å²) in [7, 11) is 0. The minimum Gasteiger partial charge on any atom is -0.431 e. The van der Waals surface area contributed by atoms with Gasteiger partial charge in [0.05, 0.1) is 22.7 Å². The van der Waals surface area contributed by atoms with E-state index in [1.54, 1.807) is 26.0 Å². The largest absolute Gasteiger partial charge is 0.511 e. The van der Waals surface area contributed by atoms with E-state index in [0.29, 0.717) is 35.4 Å². The Hall–Kier alpha value is -5.09. The van der Waals surface area contributed by atoms with Gasteiger partial charge in [-0.15, -0.1) is 0 Å². The van der Waals surface area contributed by atoms with Gasteiger partial charge in [0, 0.05) is 37.2 Å². The maximum absolute atomic E-state index is 13.6. The fourth-order valence-electron chi connectivity index (χ4n) is 5.97. The molecule has 5 rings (SSSR count). The fraction of sp³-hybridized carbons (Fsp3) is 0.317. The molecule has 0 radical (unpaired) electrons. The van der Waals surface area contributed by atoms with Gasteiger partial charge < -0.3 is 24.1 Å². The third-order valence-electron chi connectivity index (χ3n) is 8.36. The third kappa shape index (κ3) is 9.58. The number of carbonyl (C=O) groups excluding carboxylic acids is 3. The van der Waals surface area contributed by atoms with Gasteiger partial charge in [-0.3, -0.25) is 4.79 Å². The molecule has 2 atom stereocenters. The third-order valence-corrected chi connectivity index (χ3v) is 8.80. The second-order valence-electron chi connectivity index (χ2n) is 12.8. The van der Waals surface area contributed by atoms with E-state index in [0.717, 1.165) is 52.0 Å². The van der Waals surface area contributed by atoms with Crippen molar-refractivity contribution in [1.29, 1.82) is 0 Å². The predicted octanol–water partition coefficient (Wildman–Crippen LogP) is 8.35. The van der Waals surface area contributed by atoms with Crippen LogP contribution < -0.4 is 5.32 Å². The molecule has 0 saturated carbocycles. The zero-order valence-electron chi connectivity index (χ0n) is 29.7. The van der Waals surface area contributed by atoms with Crippen molar-refractivity contribution in [1.82, 2.24) is 14.9 Å². The Labute approximate surface area is 304 Å². The van der Waals surface area contributed by atoms with Crippen molar-refractivity contribution in [3.63, 3.8) is 0 Å². The lowest BCUT2D eigenvalue weighted by atomic mass is 9.98. The summed E-state index contributed by atoms with van der Waals surface area (Å²) < 4.78 is 17.6. The van der Waals surface area contributed by atoms with Gasteiger partial charge in [-0.2, -0.15) is 12.6 Å². The molecule has 266 valence electrons. The molecule has 0 fully saturated rings. The second-order valence-corrected chi connectivity index (χ2v) is 13.2. The lowest BCUT2D eigenvalue weighted by Gasteiger charge is -2.17. The van der Waals surface area contributed by atoms with Crippen LogP contribution in [-0.4, -0.2) is 51.8 Å². The highest BCUT2D eigenvalue weighted by molar-refractivity contribution is 7.80. The predicted molar refractivity (Wildman–Crippen MR) is 202 cm³/mol. The van der Waals surface area contributed by atoms with E-state index < -0.39 is 18.4 Å². The van der Waals surface area contributed by atoms with Crippen LogP contribution in [0.5, 0.6) is 0 Å². The number of fused-ring (bicyclic) bond motifs is 1.